The second kappa shape index (κ2) is 3.00. The zero-order valence-corrected chi connectivity index (χ0v) is 8.01. The van der Waals surface area contributed by atoms with Gasteiger partial charge in [0.2, 0.25) is 0 Å². The van der Waals surface area contributed by atoms with E-state index in [1.165, 1.54) is 0 Å². The Labute approximate surface area is 81.3 Å². The number of halogens is 1. The molecule has 4 heteroatoms. The quantitative estimate of drug-likeness (QED) is 0.587. The van der Waals surface area contributed by atoms with Crippen molar-refractivity contribution in [1.29, 1.82) is 0 Å². The van der Waals surface area contributed by atoms with Gasteiger partial charge in [-0.05, 0) is 18.1 Å². The lowest BCUT2D eigenvalue weighted by Gasteiger charge is -2.24. The number of amides is 1. The fourth-order valence-electron chi connectivity index (χ4n) is 1.49. The van der Waals surface area contributed by atoms with Gasteiger partial charge in [-0.3, -0.25) is 4.79 Å². The molecule has 1 aromatic rings. The molecule has 1 aromatic heterocycles. The maximum Gasteiger partial charge on any atom is 0.257 e. The van der Waals surface area contributed by atoms with Crippen LogP contribution in [0.25, 0.3) is 0 Å². The van der Waals surface area contributed by atoms with Gasteiger partial charge in [-0.15, -0.1) is 0 Å². The van der Waals surface area contributed by atoms with Gasteiger partial charge in [0.15, 0.2) is 0 Å². The molecule has 1 aliphatic rings. The molecule has 0 atom stereocenters. The Morgan fingerprint density at radius 2 is 2.38 bits per heavy atom. The number of aromatic nitrogens is 1. The van der Waals surface area contributed by atoms with Crippen molar-refractivity contribution in [3.05, 3.63) is 28.5 Å². The Kier molecular flexibility index (Phi) is 1.96. The second-order valence-electron chi connectivity index (χ2n) is 3.11. The average molecular weight is 197 g/mol. The number of pyridine rings is 1. The fourth-order valence-corrected chi connectivity index (χ4v) is 1.75. The van der Waals surface area contributed by atoms with Crippen LogP contribution in [-0.2, 0) is 6.42 Å². The second-order valence-corrected chi connectivity index (χ2v) is 3.47. The molecule has 0 spiro atoms. The van der Waals surface area contributed by atoms with Gasteiger partial charge < -0.3 is 4.90 Å². The first-order chi connectivity index (χ1) is 6.20. The SMILES string of the molecule is CN1CCc2ccnc(Cl)c2C1=O. The van der Waals surface area contributed by atoms with E-state index in [2.05, 4.69) is 4.98 Å². The summed E-state index contributed by atoms with van der Waals surface area (Å²) in [4.78, 5) is 17.2. The number of carbonyl (C=O) groups excluding carboxylic acids is 1. The van der Waals surface area contributed by atoms with Gasteiger partial charge in [0, 0.05) is 19.8 Å². The van der Waals surface area contributed by atoms with Crippen LogP contribution in [-0.4, -0.2) is 29.4 Å². The molecule has 0 unspecified atom stereocenters. The van der Waals surface area contributed by atoms with Crippen LogP contribution in [0.2, 0.25) is 5.15 Å². The summed E-state index contributed by atoms with van der Waals surface area (Å²) in [7, 11) is 1.77. The number of fused-ring (bicyclic) bond motifs is 1. The lowest BCUT2D eigenvalue weighted by molar-refractivity contribution is 0.0780. The lowest BCUT2D eigenvalue weighted by atomic mass is 10.0. The van der Waals surface area contributed by atoms with Crippen molar-refractivity contribution in [3.63, 3.8) is 0 Å². The molecule has 3 nitrogen and oxygen atoms in total. The Hall–Kier alpha value is -1.09. The number of rotatable bonds is 0. The van der Waals surface area contributed by atoms with Gasteiger partial charge in [0.25, 0.3) is 5.91 Å². The van der Waals surface area contributed by atoms with Crippen molar-refractivity contribution in [1.82, 2.24) is 9.88 Å². The van der Waals surface area contributed by atoms with Crippen LogP contribution in [0.15, 0.2) is 12.3 Å². The van der Waals surface area contributed by atoms with E-state index in [-0.39, 0.29) is 5.91 Å². The van der Waals surface area contributed by atoms with Crippen molar-refractivity contribution in [3.8, 4) is 0 Å². The van der Waals surface area contributed by atoms with Crippen LogP contribution in [0.1, 0.15) is 15.9 Å². The molecule has 0 aliphatic carbocycles. The summed E-state index contributed by atoms with van der Waals surface area (Å²) < 4.78 is 0. The van der Waals surface area contributed by atoms with Crippen molar-refractivity contribution >= 4 is 17.5 Å². The molecule has 2 heterocycles. The number of carbonyl (C=O) groups is 1. The molecule has 0 aromatic carbocycles. The molecular formula is C9H9ClN2O. The molecule has 0 saturated heterocycles. The molecule has 0 N–H and O–H groups in total. The van der Waals surface area contributed by atoms with Crippen molar-refractivity contribution in [2.24, 2.45) is 0 Å². The van der Waals surface area contributed by atoms with Crippen LogP contribution in [0.3, 0.4) is 0 Å². The van der Waals surface area contributed by atoms with Crippen LogP contribution in [0, 0.1) is 0 Å². The normalized spacial score (nSPS) is 15.8. The highest BCUT2D eigenvalue weighted by atomic mass is 35.5. The lowest BCUT2D eigenvalue weighted by Crippen LogP contribution is -2.34. The predicted octanol–water partition coefficient (Wildman–Crippen LogP) is 1.36. The number of hydrogen-bond acceptors (Lipinski definition) is 2. The fraction of sp³-hybridized carbons (Fsp3) is 0.333. The van der Waals surface area contributed by atoms with Gasteiger partial charge >= 0.3 is 0 Å². The highest BCUT2D eigenvalue weighted by molar-refractivity contribution is 6.32. The van der Waals surface area contributed by atoms with Crippen molar-refractivity contribution in [2.45, 2.75) is 6.42 Å². The highest BCUT2D eigenvalue weighted by Gasteiger charge is 2.24. The van der Waals surface area contributed by atoms with Gasteiger partial charge in [0.1, 0.15) is 5.15 Å². The summed E-state index contributed by atoms with van der Waals surface area (Å²) in [6.07, 6.45) is 2.50. The smallest absolute Gasteiger partial charge is 0.257 e. The third kappa shape index (κ3) is 1.29. The largest absolute Gasteiger partial charge is 0.341 e. The van der Waals surface area contributed by atoms with Crippen molar-refractivity contribution < 1.29 is 4.79 Å². The van der Waals surface area contributed by atoms with Crippen LogP contribution >= 0.6 is 11.6 Å². The molecule has 68 valence electrons. The van der Waals surface area contributed by atoms with Crippen LogP contribution in [0.5, 0.6) is 0 Å². The summed E-state index contributed by atoms with van der Waals surface area (Å²) in [6.45, 7) is 0.756. The summed E-state index contributed by atoms with van der Waals surface area (Å²) in [6, 6.07) is 1.85. The van der Waals surface area contributed by atoms with Gasteiger partial charge in [-0.25, -0.2) is 4.98 Å². The minimum atomic E-state index is -0.0284. The molecule has 1 aliphatic heterocycles. The summed E-state index contributed by atoms with van der Waals surface area (Å²) >= 11 is 5.84. The van der Waals surface area contributed by atoms with E-state index in [1.807, 2.05) is 6.07 Å². The van der Waals surface area contributed by atoms with Crippen molar-refractivity contribution in [2.75, 3.05) is 13.6 Å². The van der Waals surface area contributed by atoms with E-state index in [4.69, 9.17) is 11.6 Å². The number of hydrogen-bond donors (Lipinski definition) is 0. The van der Waals surface area contributed by atoms with E-state index in [0.29, 0.717) is 10.7 Å². The maximum absolute atomic E-state index is 11.6. The first kappa shape index (κ1) is 8.51. The van der Waals surface area contributed by atoms with E-state index in [1.54, 1.807) is 18.1 Å². The van der Waals surface area contributed by atoms with E-state index < -0.39 is 0 Å². The predicted molar refractivity (Wildman–Crippen MR) is 49.9 cm³/mol. The minimum Gasteiger partial charge on any atom is -0.341 e. The topological polar surface area (TPSA) is 33.2 Å². The Bertz CT molecular complexity index is 365. The molecule has 2 rings (SSSR count). The summed E-state index contributed by atoms with van der Waals surface area (Å²) in [5, 5.41) is 0.314. The number of likely N-dealkylation sites (N-methyl/N-ethyl adjacent to an activating group) is 1. The van der Waals surface area contributed by atoms with E-state index in [9.17, 15) is 4.79 Å². The molecule has 0 saturated carbocycles. The Morgan fingerprint density at radius 3 is 3.15 bits per heavy atom. The Morgan fingerprint density at radius 1 is 1.62 bits per heavy atom. The number of nitrogens with zero attached hydrogens (tertiary/aromatic N) is 2. The zero-order valence-electron chi connectivity index (χ0n) is 7.25. The standard InChI is InChI=1S/C9H9ClN2O/c1-12-5-3-6-2-4-11-8(10)7(6)9(12)13/h2,4H,3,5H2,1H3. The first-order valence-corrected chi connectivity index (χ1v) is 4.47. The van der Waals surface area contributed by atoms with E-state index in [0.717, 1.165) is 18.5 Å². The molecule has 1 amide bonds. The molecule has 0 bridgehead atoms. The summed E-state index contributed by atoms with van der Waals surface area (Å²) in [5.74, 6) is -0.0284. The monoisotopic (exact) mass is 196 g/mol. The van der Waals surface area contributed by atoms with Crippen LogP contribution in [0.4, 0.5) is 0 Å². The third-order valence-corrected chi connectivity index (χ3v) is 2.55. The molecule has 0 fully saturated rings. The Balaban J connectivity index is 2.57. The minimum absolute atomic E-state index is 0.0284. The first-order valence-electron chi connectivity index (χ1n) is 4.09. The molecular weight excluding hydrogens is 188 g/mol. The maximum atomic E-state index is 11.6. The third-order valence-electron chi connectivity index (χ3n) is 2.27. The van der Waals surface area contributed by atoms with Gasteiger partial charge in [-0.1, -0.05) is 11.6 Å². The van der Waals surface area contributed by atoms with Crippen LogP contribution < -0.4 is 0 Å². The van der Waals surface area contributed by atoms with Gasteiger partial charge in [0.05, 0.1) is 5.56 Å². The average Bonchev–Trinajstić information content (AvgIpc) is 2.12. The van der Waals surface area contributed by atoms with Gasteiger partial charge in [-0.2, -0.15) is 0 Å². The van der Waals surface area contributed by atoms with E-state index >= 15 is 0 Å². The summed E-state index contributed by atoms with van der Waals surface area (Å²) in [5.41, 5.74) is 1.57. The highest BCUT2D eigenvalue weighted by Crippen LogP contribution is 2.23. The zero-order chi connectivity index (χ0) is 9.42. The molecule has 0 radical (unpaired) electrons. The molecule has 13 heavy (non-hydrogen) atoms.